The van der Waals surface area contributed by atoms with Crippen molar-refractivity contribution in [1.29, 1.82) is 0 Å². The molecule has 0 unspecified atom stereocenters. The van der Waals surface area contributed by atoms with E-state index in [2.05, 4.69) is 17.4 Å². The van der Waals surface area contributed by atoms with Crippen LogP contribution in [0.3, 0.4) is 0 Å². The molecule has 0 radical (unpaired) electrons. The fourth-order valence-corrected chi connectivity index (χ4v) is 3.47. The van der Waals surface area contributed by atoms with Gasteiger partial charge in [0.2, 0.25) is 5.91 Å². The van der Waals surface area contributed by atoms with Gasteiger partial charge in [0.05, 0.1) is 0 Å². The predicted molar refractivity (Wildman–Crippen MR) is 97.6 cm³/mol. The molecule has 0 atom stereocenters. The average molecular weight is 346 g/mol. The van der Waals surface area contributed by atoms with Gasteiger partial charge in [0.1, 0.15) is 0 Å². The van der Waals surface area contributed by atoms with Crippen molar-refractivity contribution >= 4 is 11.8 Å². The summed E-state index contributed by atoms with van der Waals surface area (Å²) in [6.45, 7) is 0.648. The molecule has 2 amide bonds. The number of amides is 2. The summed E-state index contributed by atoms with van der Waals surface area (Å²) >= 11 is 0. The molecule has 5 nitrogen and oxygen atoms in total. The normalized spacial score (nSPS) is 14.9. The standard InChI is InChI=1S/C20H30N2O3/c23-19(22-25)10-6-1-2-7-15-21-20(24)18-13-11-17(12-14-18)16-8-4-3-5-9-16/h11-14,16,25H,1-10,15H2,(H,21,24)(H,22,23). The van der Waals surface area contributed by atoms with Crippen LogP contribution in [0.1, 0.15) is 86.0 Å². The van der Waals surface area contributed by atoms with Crippen LogP contribution in [0.25, 0.3) is 0 Å². The van der Waals surface area contributed by atoms with E-state index >= 15 is 0 Å². The Morgan fingerprint density at radius 1 is 0.960 bits per heavy atom. The minimum atomic E-state index is -0.343. The molecule has 3 N–H and O–H groups in total. The van der Waals surface area contributed by atoms with Crippen molar-refractivity contribution in [1.82, 2.24) is 10.8 Å². The van der Waals surface area contributed by atoms with E-state index < -0.39 is 0 Å². The smallest absolute Gasteiger partial charge is 0.251 e. The number of carbonyl (C=O) groups is 2. The topological polar surface area (TPSA) is 78.4 Å². The number of unbranched alkanes of at least 4 members (excludes halogenated alkanes) is 3. The van der Waals surface area contributed by atoms with Gasteiger partial charge in [-0.15, -0.1) is 0 Å². The van der Waals surface area contributed by atoms with Crippen molar-refractivity contribution in [2.24, 2.45) is 0 Å². The van der Waals surface area contributed by atoms with E-state index in [0.717, 1.165) is 31.2 Å². The van der Waals surface area contributed by atoms with Crippen molar-refractivity contribution in [3.05, 3.63) is 35.4 Å². The molecule has 138 valence electrons. The molecule has 5 heteroatoms. The SMILES string of the molecule is O=C(CCCCCCNC(=O)c1ccc(C2CCCCC2)cc1)NO. The van der Waals surface area contributed by atoms with Gasteiger partial charge < -0.3 is 5.32 Å². The number of hydrogen-bond acceptors (Lipinski definition) is 3. The maximum Gasteiger partial charge on any atom is 0.251 e. The molecule has 1 aromatic carbocycles. The van der Waals surface area contributed by atoms with Crippen molar-refractivity contribution in [3.63, 3.8) is 0 Å². The Bertz CT molecular complexity index is 536. The van der Waals surface area contributed by atoms with Gasteiger partial charge in [0, 0.05) is 18.5 Å². The summed E-state index contributed by atoms with van der Waals surface area (Å²) in [5.74, 6) is 0.304. The highest BCUT2D eigenvalue weighted by atomic mass is 16.5. The third kappa shape index (κ3) is 6.86. The molecule has 1 aliphatic rings. The number of benzene rings is 1. The van der Waals surface area contributed by atoms with E-state index in [0.29, 0.717) is 18.9 Å². The summed E-state index contributed by atoms with van der Waals surface area (Å²) in [5, 5.41) is 11.3. The van der Waals surface area contributed by atoms with E-state index in [1.807, 2.05) is 12.1 Å². The Morgan fingerprint density at radius 3 is 2.32 bits per heavy atom. The Labute approximate surface area is 150 Å². The first-order valence-corrected chi connectivity index (χ1v) is 9.52. The van der Waals surface area contributed by atoms with E-state index in [4.69, 9.17) is 5.21 Å². The van der Waals surface area contributed by atoms with Crippen LogP contribution in [0.4, 0.5) is 0 Å². The van der Waals surface area contributed by atoms with Crippen LogP contribution >= 0.6 is 0 Å². The first-order valence-electron chi connectivity index (χ1n) is 9.52. The zero-order chi connectivity index (χ0) is 17.9. The molecule has 0 bridgehead atoms. The number of carbonyl (C=O) groups excluding carboxylic acids is 2. The second-order valence-corrected chi connectivity index (χ2v) is 6.91. The van der Waals surface area contributed by atoms with Gasteiger partial charge >= 0.3 is 0 Å². The van der Waals surface area contributed by atoms with E-state index in [-0.39, 0.29) is 11.8 Å². The molecular weight excluding hydrogens is 316 g/mol. The van der Waals surface area contributed by atoms with Gasteiger partial charge in [0.25, 0.3) is 5.91 Å². The monoisotopic (exact) mass is 346 g/mol. The molecule has 1 fully saturated rings. The Hall–Kier alpha value is -1.88. The average Bonchev–Trinajstić information content (AvgIpc) is 2.67. The van der Waals surface area contributed by atoms with Crippen LogP contribution in [-0.4, -0.2) is 23.6 Å². The van der Waals surface area contributed by atoms with Crippen LogP contribution in [0.2, 0.25) is 0 Å². The molecule has 1 aromatic rings. The first kappa shape index (κ1) is 19.4. The lowest BCUT2D eigenvalue weighted by Gasteiger charge is -2.22. The summed E-state index contributed by atoms with van der Waals surface area (Å²) in [5.41, 5.74) is 3.71. The number of hydroxylamine groups is 1. The lowest BCUT2D eigenvalue weighted by atomic mass is 9.84. The van der Waals surface area contributed by atoms with Crippen LogP contribution in [0.5, 0.6) is 0 Å². The van der Waals surface area contributed by atoms with Crippen molar-refractivity contribution in [3.8, 4) is 0 Å². The largest absolute Gasteiger partial charge is 0.352 e. The molecule has 1 saturated carbocycles. The summed E-state index contributed by atoms with van der Waals surface area (Å²) in [6.07, 6.45) is 10.4. The van der Waals surface area contributed by atoms with Gasteiger partial charge in [-0.3, -0.25) is 14.8 Å². The number of nitrogens with one attached hydrogen (secondary N) is 2. The van der Waals surface area contributed by atoms with Crippen LogP contribution in [-0.2, 0) is 4.79 Å². The lowest BCUT2D eigenvalue weighted by Crippen LogP contribution is -2.24. The van der Waals surface area contributed by atoms with Crippen molar-refractivity contribution in [2.75, 3.05) is 6.54 Å². The first-order chi connectivity index (χ1) is 12.2. The maximum atomic E-state index is 12.2. The summed E-state index contributed by atoms with van der Waals surface area (Å²) in [6, 6.07) is 8.09. The molecule has 0 saturated heterocycles. The highest BCUT2D eigenvalue weighted by molar-refractivity contribution is 5.94. The molecule has 0 heterocycles. The highest BCUT2D eigenvalue weighted by Gasteiger charge is 2.15. The Morgan fingerprint density at radius 2 is 1.64 bits per heavy atom. The second-order valence-electron chi connectivity index (χ2n) is 6.91. The molecule has 2 rings (SSSR count). The minimum absolute atomic E-state index is 0.0187. The number of hydrogen-bond donors (Lipinski definition) is 3. The molecule has 0 aliphatic heterocycles. The molecule has 0 aromatic heterocycles. The van der Waals surface area contributed by atoms with Crippen LogP contribution in [0, 0.1) is 0 Å². The second kappa shape index (κ2) is 10.9. The third-order valence-electron chi connectivity index (χ3n) is 4.99. The predicted octanol–water partition coefficient (Wildman–Crippen LogP) is 3.92. The van der Waals surface area contributed by atoms with Gasteiger partial charge in [-0.25, -0.2) is 5.48 Å². The minimum Gasteiger partial charge on any atom is -0.352 e. The Balaban J connectivity index is 1.63. The fourth-order valence-electron chi connectivity index (χ4n) is 3.47. The summed E-state index contributed by atoms with van der Waals surface area (Å²) < 4.78 is 0. The summed E-state index contributed by atoms with van der Waals surface area (Å²) in [7, 11) is 0. The van der Waals surface area contributed by atoms with Crippen LogP contribution in [0.15, 0.2) is 24.3 Å². The molecular formula is C20H30N2O3. The third-order valence-corrected chi connectivity index (χ3v) is 4.99. The highest BCUT2D eigenvalue weighted by Crippen LogP contribution is 2.32. The lowest BCUT2D eigenvalue weighted by molar-refractivity contribution is -0.129. The van der Waals surface area contributed by atoms with E-state index in [9.17, 15) is 9.59 Å². The summed E-state index contributed by atoms with van der Waals surface area (Å²) in [4.78, 5) is 23.0. The van der Waals surface area contributed by atoms with Crippen molar-refractivity contribution < 1.29 is 14.8 Å². The zero-order valence-electron chi connectivity index (χ0n) is 14.9. The van der Waals surface area contributed by atoms with Crippen LogP contribution < -0.4 is 10.8 Å². The van der Waals surface area contributed by atoms with E-state index in [1.54, 1.807) is 5.48 Å². The number of rotatable bonds is 9. The molecule has 25 heavy (non-hydrogen) atoms. The van der Waals surface area contributed by atoms with Gasteiger partial charge in [-0.05, 0) is 49.3 Å². The maximum absolute atomic E-state index is 12.2. The van der Waals surface area contributed by atoms with Gasteiger partial charge in [-0.2, -0.15) is 0 Å². The Kier molecular flexibility index (Phi) is 8.46. The quantitative estimate of drug-likeness (QED) is 0.360. The van der Waals surface area contributed by atoms with Gasteiger partial charge in [0.15, 0.2) is 0 Å². The van der Waals surface area contributed by atoms with Gasteiger partial charge in [-0.1, -0.05) is 44.2 Å². The molecule has 0 spiro atoms. The fraction of sp³-hybridized carbons (Fsp3) is 0.600. The molecule has 1 aliphatic carbocycles. The van der Waals surface area contributed by atoms with E-state index in [1.165, 1.54) is 37.7 Å². The van der Waals surface area contributed by atoms with Crippen molar-refractivity contribution in [2.45, 2.75) is 70.1 Å². The zero-order valence-corrected chi connectivity index (χ0v) is 14.9.